The first-order chi connectivity index (χ1) is 4.19. The molecule has 0 aliphatic rings. The van der Waals surface area contributed by atoms with E-state index in [9.17, 15) is 0 Å². The molecule has 0 amide bonds. The lowest BCUT2D eigenvalue weighted by Crippen LogP contribution is -2.67. The van der Waals surface area contributed by atoms with Crippen LogP contribution in [0.4, 0.5) is 0 Å². The van der Waals surface area contributed by atoms with Crippen molar-refractivity contribution >= 4 is 0 Å². The molecule has 0 bridgehead atoms. The van der Waals surface area contributed by atoms with Crippen molar-refractivity contribution in [1.29, 1.82) is 0 Å². The molecule has 3 nitrogen and oxygen atoms in total. The van der Waals surface area contributed by atoms with Crippen LogP contribution in [0.25, 0.3) is 0 Å². The van der Waals surface area contributed by atoms with Gasteiger partial charge in [0.25, 0.3) is 0 Å². The Hall–Kier alpha value is -0.120. The van der Waals surface area contributed by atoms with Gasteiger partial charge in [-0.1, -0.05) is 0 Å². The molecule has 3 heteroatoms. The molecule has 0 aromatic rings. The van der Waals surface area contributed by atoms with Crippen LogP contribution >= 0.6 is 0 Å². The molecule has 0 aliphatic carbocycles. The third kappa shape index (κ3) is 1.68. The zero-order chi connectivity index (χ0) is 8.58. The van der Waals surface area contributed by atoms with E-state index in [4.69, 9.17) is 11.5 Å². The monoisotopic (exact) mass is 145 g/mol. The Kier molecular flexibility index (Phi) is 2.46. The topological polar surface area (TPSA) is 55.3 Å². The minimum Gasteiger partial charge on any atom is -0.323 e. The summed E-state index contributed by atoms with van der Waals surface area (Å²) >= 11 is 0. The van der Waals surface area contributed by atoms with Crippen molar-refractivity contribution in [2.75, 3.05) is 14.1 Å². The Morgan fingerprint density at radius 3 is 1.30 bits per heavy atom. The summed E-state index contributed by atoms with van der Waals surface area (Å²) in [5.74, 6) is 0. The van der Waals surface area contributed by atoms with Crippen molar-refractivity contribution < 1.29 is 0 Å². The van der Waals surface area contributed by atoms with Gasteiger partial charge in [0.2, 0.25) is 0 Å². The quantitative estimate of drug-likeness (QED) is 0.536. The number of rotatable bonds is 2. The van der Waals surface area contributed by atoms with Crippen LogP contribution in [0.5, 0.6) is 0 Å². The lowest BCUT2D eigenvalue weighted by molar-refractivity contribution is 0.0982. The van der Waals surface area contributed by atoms with Gasteiger partial charge in [0.1, 0.15) is 0 Å². The molecule has 0 heterocycles. The van der Waals surface area contributed by atoms with E-state index >= 15 is 0 Å². The predicted octanol–water partition coefficient (Wildman–Crippen LogP) is -0.0398. The average molecular weight is 145 g/mol. The first-order valence-electron chi connectivity index (χ1n) is 3.45. The van der Waals surface area contributed by atoms with Crippen LogP contribution in [0, 0.1) is 0 Å². The Morgan fingerprint density at radius 1 is 1.00 bits per heavy atom. The van der Waals surface area contributed by atoms with Crippen molar-refractivity contribution in [2.24, 2.45) is 11.5 Å². The maximum absolute atomic E-state index is 5.94. The largest absolute Gasteiger partial charge is 0.323 e. The van der Waals surface area contributed by atoms with Gasteiger partial charge in [0.05, 0.1) is 5.66 Å². The molecule has 62 valence electrons. The Bertz CT molecular complexity index is 111. The van der Waals surface area contributed by atoms with Crippen LogP contribution in [-0.2, 0) is 0 Å². The minimum absolute atomic E-state index is 0.378. The molecule has 0 aliphatic heterocycles. The smallest absolute Gasteiger partial charge is 0.0832 e. The molecule has 0 rings (SSSR count). The molecule has 0 spiro atoms. The zero-order valence-corrected chi connectivity index (χ0v) is 7.60. The molecule has 0 fully saturated rings. The highest BCUT2D eigenvalue weighted by Crippen LogP contribution is 2.17. The molecule has 0 aromatic heterocycles. The zero-order valence-electron chi connectivity index (χ0n) is 7.60. The van der Waals surface area contributed by atoms with Crippen LogP contribution in [0.2, 0.25) is 0 Å². The number of hydrogen-bond donors (Lipinski definition) is 2. The van der Waals surface area contributed by atoms with Crippen molar-refractivity contribution in [2.45, 2.75) is 32.0 Å². The van der Waals surface area contributed by atoms with E-state index < -0.39 is 5.66 Å². The summed E-state index contributed by atoms with van der Waals surface area (Å²) in [5, 5.41) is 0. The molecule has 4 N–H and O–H groups in total. The average Bonchev–Trinajstić information content (AvgIpc) is 1.62. The van der Waals surface area contributed by atoms with Crippen LogP contribution in [0.3, 0.4) is 0 Å². The predicted molar refractivity (Wildman–Crippen MR) is 44.5 cm³/mol. The summed E-state index contributed by atoms with van der Waals surface area (Å²) in [5.41, 5.74) is 11.0. The van der Waals surface area contributed by atoms with Crippen molar-refractivity contribution in [1.82, 2.24) is 4.90 Å². The second-order valence-corrected chi connectivity index (χ2v) is 3.76. The molecular formula is C7H19N3. The Labute approximate surface area is 63.4 Å². The first-order valence-corrected chi connectivity index (χ1v) is 3.45. The highest BCUT2D eigenvalue weighted by atomic mass is 15.3. The maximum atomic E-state index is 5.94. The number of hydrogen-bond acceptors (Lipinski definition) is 3. The van der Waals surface area contributed by atoms with E-state index in [0.717, 1.165) is 0 Å². The number of nitrogens with two attached hydrogens (primary N) is 2. The molecule has 0 radical (unpaired) electrons. The van der Waals surface area contributed by atoms with Gasteiger partial charge >= 0.3 is 0 Å². The highest BCUT2D eigenvalue weighted by Gasteiger charge is 2.35. The van der Waals surface area contributed by atoms with Gasteiger partial charge in [0, 0.05) is 5.54 Å². The van der Waals surface area contributed by atoms with Gasteiger partial charge in [-0.2, -0.15) is 0 Å². The van der Waals surface area contributed by atoms with Gasteiger partial charge in [-0.25, -0.2) is 0 Å². The van der Waals surface area contributed by atoms with E-state index in [0.29, 0.717) is 0 Å². The van der Waals surface area contributed by atoms with E-state index in [1.54, 1.807) is 0 Å². The SMILES string of the molecule is CN(C)C(C)(N)C(C)(C)N. The van der Waals surface area contributed by atoms with Gasteiger partial charge in [-0.3, -0.25) is 4.90 Å². The molecule has 0 saturated carbocycles. The van der Waals surface area contributed by atoms with Crippen molar-refractivity contribution in [3.8, 4) is 0 Å². The fraction of sp³-hybridized carbons (Fsp3) is 1.00. The summed E-state index contributed by atoms with van der Waals surface area (Å²) in [7, 11) is 3.85. The number of nitrogens with zero attached hydrogens (tertiary/aromatic N) is 1. The molecular weight excluding hydrogens is 126 g/mol. The summed E-state index contributed by atoms with van der Waals surface area (Å²) in [6, 6.07) is 0. The Morgan fingerprint density at radius 2 is 1.30 bits per heavy atom. The second-order valence-electron chi connectivity index (χ2n) is 3.76. The Balaban J connectivity index is 4.40. The lowest BCUT2D eigenvalue weighted by Gasteiger charge is -2.43. The van der Waals surface area contributed by atoms with Gasteiger partial charge in [-0.05, 0) is 34.9 Å². The summed E-state index contributed by atoms with van der Waals surface area (Å²) in [6.45, 7) is 5.77. The molecule has 1 unspecified atom stereocenters. The normalized spacial score (nSPS) is 19.2. The van der Waals surface area contributed by atoms with Gasteiger partial charge < -0.3 is 11.5 Å². The second kappa shape index (κ2) is 2.49. The van der Waals surface area contributed by atoms with E-state index in [-0.39, 0.29) is 5.54 Å². The highest BCUT2D eigenvalue weighted by molar-refractivity contribution is 4.95. The fourth-order valence-corrected chi connectivity index (χ4v) is 0.576. The summed E-state index contributed by atoms with van der Waals surface area (Å²) < 4.78 is 0. The fourth-order valence-electron chi connectivity index (χ4n) is 0.576. The lowest BCUT2D eigenvalue weighted by atomic mass is 9.90. The van der Waals surface area contributed by atoms with Crippen molar-refractivity contribution in [3.05, 3.63) is 0 Å². The van der Waals surface area contributed by atoms with E-state index in [1.165, 1.54) is 0 Å². The third-order valence-electron chi connectivity index (χ3n) is 2.23. The minimum atomic E-state index is -0.451. The standard InChI is InChI=1S/C7H19N3/c1-6(2,8)7(3,9)10(4)5/h8-9H2,1-5H3. The molecule has 0 saturated heterocycles. The van der Waals surface area contributed by atoms with Crippen molar-refractivity contribution in [3.63, 3.8) is 0 Å². The van der Waals surface area contributed by atoms with E-state index in [1.807, 2.05) is 39.8 Å². The third-order valence-corrected chi connectivity index (χ3v) is 2.23. The summed E-state index contributed by atoms with van der Waals surface area (Å²) in [6.07, 6.45) is 0. The van der Waals surface area contributed by atoms with Crippen LogP contribution < -0.4 is 11.5 Å². The van der Waals surface area contributed by atoms with Crippen LogP contribution in [0.15, 0.2) is 0 Å². The first kappa shape index (κ1) is 9.88. The molecule has 0 aromatic carbocycles. The van der Waals surface area contributed by atoms with Crippen LogP contribution in [0.1, 0.15) is 20.8 Å². The van der Waals surface area contributed by atoms with E-state index in [2.05, 4.69) is 0 Å². The van der Waals surface area contributed by atoms with Gasteiger partial charge in [-0.15, -0.1) is 0 Å². The molecule has 1 atom stereocenters. The maximum Gasteiger partial charge on any atom is 0.0832 e. The number of likely N-dealkylation sites (N-methyl/N-ethyl adjacent to an activating group) is 1. The molecule has 10 heavy (non-hydrogen) atoms. The van der Waals surface area contributed by atoms with Gasteiger partial charge in [0.15, 0.2) is 0 Å². The van der Waals surface area contributed by atoms with Crippen LogP contribution in [-0.4, -0.2) is 30.2 Å². The summed E-state index contributed by atoms with van der Waals surface area (Å²) in [4.78, 5) is 1.92.